The minimum absolute atomic E-state index is 0.0526. The molecule has 17 heavy (non-hydrogen) atoms. The summed E-state index contributed by atoms with van der Waals surface area (Å²) in [5.74, 6) is 0.178. The monoisotopic (exact) mass is 272 g/mol. The van der Waals surface area contributed by atoms with Crippen molar-refractivity contribution in [3.63, 3.8) is 0 Å². The van der Waals surface area contributed by atoms with Crippen LogP contribution in [0.2, 0.25) is 5.02 Å². The zero-order valence-corrected chi connectivity index (χ0v) is 11.0. The standard InChI is InChI=1S/C11H13ClN2O2S/c1-2-17(15,16)6-5-14-11-4-3-10(12)7-9(11)8-13/h3-4,7,14H,2,5-6H2,1H3. The van der Waals surface area contributed by atoms with Gasteiger partial charge in [0, 0.05) is 17.3 Å². The third kappa shape index (κ3) is 4.25. The molecule has 0 amide bonds. The van der Waals surface area contributed by atoms with Gasteiger partial charge in [0.2, 0.25) is 0 Å². The molecule has 1 rings (SSSR count). The molecule has 1 aromatic carbocycles. The second-order valence-electron chi connectivity index (χ2n) is 3.46. The Balaban J connectivity index is 2.68. The lowest BCUT2D eigenvalue weighted by molar-refractivity contribution is 0.597. The van der Waals surface area contributed by atoms with Gasteiger partial charge in [-0.1, -0.05) is 18.5 Å². The van der Waals surface area contributed by atoms with Gasteiger partial charge in [0.25, 0.3) is 0 Å². The summed E-state index contributed by atoms with van der Waals surface area (Å²) in [6, 6.07) is 6.86. The summed E-state index contributed by atoms with van der Waals surface area (Å²) < 4.78 is 22.5. The SMILES string of the molecule is CCS(=O)(=O)CCNc1ccc(Cl)cc1C#N. The lowest BCUT2D eigenvalue weighted by atomic mass is 10.2. The fourth-order valence-electron chi connectivity index (χ4n) is 1.25. The number of nitriles is 1. The maximum atomic E-state index is 11.3. The summed E-state index contributed by atoms with van der Waals surface area (Å²) in [5.41, 5.74) is 1.01. The molecule has 0 aromatic heterocycles. The lowest BCUT2D eigenvalue weighted by Crippen LogP contribution is -2.17. The molecule has 0 aliphatic heterocycles. The fraction of sp³-hybridized carbons (Fsp3) is 0.364. The van der Waals surface area contributed by atoms with E-state index >= 15 is 0 Å². The van der Waals surface area contributed by atoms with E-state index < -0.39 is 9.84 Å². The molecule has 0 bridgehead atoms. The van der Waals surface area contributed by atoms with Crippen LogP contribution in [0.25, 0.3) is 0 Å². The predicted molar refractivity (Wildman–Crippen MR) is 69.0 cm³/mol. The van der Waals surface area contributed by atoms with E-state index in [1.54, 1.807) is 19.1 Å². The van der Waals surface area contributed by atoms with Crippen LogP contribution < -0.4 is 5.32 Å². The Hall–Kier alpha value is -1.25. The smallest absolute Gasteiger partial charge is 0.151 e. The van der Waals surface area contributed by atoms with Crippen molar-refractivity contribution in [3.8, 4) is 6.07 Å². The molecule has 0 aliphatic carbocycles. The van der Waals surface area contributed by atoms with E-state index in [4.69, 9.17) is 16.9 Å². The van der Waals surface area contributed by atoms with Gasteiger partial charge in [0.05, 0.1) is 17.0 Å². The molecule has 1 aromatic rings. The minimum atomic E-state index is -2.99. The number of sulfone groups is 1. The number of halogens is 1. The average Bonchev–Trinajstić information content (AvgIpc) is 2.30. The van der Waals surface area contributed by atoms with E-state index in [0.29, 0.717) is 16.3 Å². The van der Waals surface area contributed by atoms with Crippen molar-refractivity contribution in [2.24, 2.45) is 0 Å². The lowest BCUT2D eigenvalue weighted by Gasteiger charge is -2.08. The number of anilines is 1. The topological polar surface area (TPSA) is 70.0 Å². The van der Waals surface area contributed by atoms with Gasteiger partial charge >= 0.3 is 0 Å². The van der Waals surface area contributed by atoms with Crippen LogP contribution in [0, 0.1) is 11.3 Å². The highest BCUT2D eigenvalue weighted by Crippen LogP contribution is 2.19. The predicted octanol–water partition coefficient (Wildman–Crippen LogP) is 2.06. The molecule has 1 N–H and O–H groups in total. The van der Waals surface area contributed by atoms with E-state index in [9.17, 15) is 8.42 Å². The van der Waals surface area contributed by atoms with Gasteiger partial charge in [-0.3, -0.25) is 0 Å². The van der Waals surface area contributed by atoms with Crippen LogP contribution >= 0.6 is 11.6 Å². The highest BCUT2D eigenvalue weighted by molar-refractivity contribution is 7.91. The first-order chi connectivity index (χ1) is 7.98. The number of benzene rings is 1. The zero-order valence-electron chi connectivity index (χ0n) is 9.40. The van der Waals surface area contributed by atoms with Gasteiger partial charge in [0.1, 0.15) is 6.07 Å². The van der Waals surface area contributed by atoms with Crippen molar-refractivity contribution >= 4 is 27.1 Å². The Kier molecular flexibility index (Phi) is 4.79. The van der Waals surface area contributed by atoms with Crippen molar-refractivity contribution in [2.45, 2.75) is 6.92 Å². The molecule has 0 unspecified atom stereocenters. The summed E-state index contributed by atoms with van der Waals surface area (Å²) in [5, 5.41) is 12.3. The normalized spacial score (nSPS) is 10.9. The number of hydrogen-bond acceptors (Lipinski definition) is 4. The number of nitrogens with one attached hydrogen (secondary N) is 1. The highest BCUT2D eigenvalue weighted by atomic mass is 35.5. The molecular formula is C11H13ClN2O2S. The van der Waals surface area contributed by atoms with Crippen LogP contribution in [0.5, 0.6) is 0 Å². The van der Waals surface area contributed by atoms with Crippen LogP contribution in [-0.4, -0.2) is 26.5 Å². The van der Waals surface area contributed by atoms with Crippen molar-refractivity contribution in [1.82, 2.24) is 0 Å². The number of hydrogen-bond donors (Lipinski definition) is 1. The van der Waals surface area contributed by atoms with Gasteiger partial charge in [-0.25, -0.2) is 8.42 Å². The van der Waals surface area contributed by atoms with E-state index in [-0.39, 0.29) is 18.1 Å². The Morgan fingerprint density at radius 2 is 2.18 bits per heavy atom. The zero-order chi connectivity index (χ0) is 12.9. The molecule has 0 fully saturated rings. The van der Waals surface area contributed by atoms with Gasteiger partial charge in [-0.05, 0) is 18.2 Å². The molecule has 0 aliphatic rings. The Bertz CT molecular complexity index is 535. The number of rotatable bonds is 5. The molecule has 0 radical (unpaired) electrons. The Morgan fingerprint density at radius 1 is 1.47 bits per heavy atom. The fourth-order valence-corrected chi connectivity index (χ4v) is 2.12. The van der Waals surface area contributed by atoms with Crippen LogP contribution in [0.3, 0.4) is 0 Å². The minimum Gasteiger partial charge on any atom is -0.383 e. The van der Waals surface area contributed by atoms with Crippen molar-refractivity contribution < 1.29 is 8.42 Å². The Morgan fingerprint density at radius 3 is 2.76 bits per heavy atom. The second-order valence-corrected chi connectivity index (χ2v) is 6.37. The summed E-state index contributed by atoms with van der Waals surface area (Å²) in [7, 11) is -2.99. The third-order valence-electron chi connectivity index (χ3n) is 2.27. The van der Waals surface area contributed by atoms with Crippen LogP contribution in [0.1, 0.15) is 12.5 Å². The molecule has 0 saturated heterocycles. The van der Waals surface area contributed by atoms with Crippen LogP contribution in [0.15, 0.2) is 18.2 Å². The molecule has 4 nitrogen and oxygen atoms in total. The molecule has 0 saturated carbocycles. The first kappa shape index (κ1) is 13.8. The average molecular weight is 273 g/mol. The van der Waals surface area contributed by atoms with Crippen LogP contribution in [-0.2, 0) is 9.84 Å². The van der Waals surface area contributed by atoms with Crippen molar-refractivity contribution in [3.05, 3.63) is 28.8 Å². The van der Waals surface area contributed by atoms with Crippen molar-refractivity contribution in [2.75, 3.05) is 23.4 Å². The molecule has 0 heterocycles. The summed E-state index contributed by atoms with van der Waals surface area (Å²) in [6.07, 6.45) is 0. The van der Waals surface area contributed by atoms with Gasteiger partial charge < -0.3 is 5.32 Å². The van der Waals surface area contributed by atoms with E-state index in [1.165, 1.54) is 6.07 Å². The molecular weight excluding hydrogens is 260 g/mol. The first-order valence-electron chi connectivity index (χ1n) is 5.12. The van der Waals surface area contributed by atoms with Gasteiger partial charge in [0.15, 0.2) is 9.84 Å². The second kappa shape index (κ2) is 5.89. The van der Waals surface area contributed by atoms with E-state index in [1.807, 2.05) is 6.07 Å². The highest BCUT2D eigenvalue weighted by Gasteiger charge is 2.08. The quantitative estimate of drug-likeness (QED) is 0.891. The summed E-state index contributed by atoms with van der Waals surface area (Å²) in [4.78, 5) is 0. The van der Waals surface area contributed by atoms with E-state index in [2.05, 4.69) is 5.32 Å². The maximum absolute atomic E-state index is 11.3. The first-order valence-corrected chi connectivity index (χ1v) is 7.32. The maximum Gasteiger partial charge on any atom is 0.151 e. The van der Waals surface area contributed by atoms with Crippen LogP contribution in [0.4, 0.5) is 5.69 Å². The van der Waals surface area contributed by atoms with E-state index in [0.717, 1.165) is 0 Å². The molecule has 6 heteroatoms. The summed E-state index contributed by atoms with van der Waals surface area (Å²) in [6.45, 7) is 1.89. The molecule has 0 spiro atoms. The Labute approximate surface area is 106 Å². The third-order valence-corrected chi connectivity index (χ3v) is 4.21. The number of nitrogens with zero attached hydrogens (tertiary/aromatic N) is 1. The summed E-state index contributed by atoms with van der Waals surface area (Å²) >= 11 is 5.75. The van der Waals surface area contributed by atoms with Gasteiger partial charge in [-0.2, -0.15) is 5.26 Å². The van der Waals surface area contributed by atoms with Gasteiger partial charge in [-0.15, -0.1) is 0 Å². The molecule has 0 atom stereocenters. The van der Waals surface area contributed by atoms with Crippen molar-refractivity contribution in [1.29, 1.82) is 5.26 Å². The molecule has 92 valence electrons. The largest absolute Gasteiger partial charge is 0.383 e.